The van der Waals surface area contributed by atoms with Crippen LogP contribution in [0.3, 0.4) is 0 Å². The molecule has 0 aliphatic carbocycles. The van der Waals surface area contributed by atoms with E-state index in [0.717, 1.165) is 12.8 Å². The van der Waals surface area contributed by atoms with Crippen LogP contribution in [0.5, 0.6) is 0 Å². The minimum absolute atomic E-state index is 0.207. The van der Waals surface area contributed by atoms with Crippen LogP contribution >= 0.6 is 0 Å². The van der Waals surface area contributed by atoms with Crippen LogP contribution in [0.2, 0.25) is 0 Å². The van der Waals surface area contributed by atoms with Crippen molar-refractivity contribution >= 4 is 0 Å². The lowest BCUT2D eigenvalue weighted by Gasteiger charge is -2.17. The molecule has 2 atom stereocenters. The van der Waals surface area contributed by atoms with E-state index < -0.39 is 0 Å². The Hall–Kier alpha value is -0.340. The van der Waals surface area contributed by atoms with Crippen molar-refractivity contribution in [3.8, 4) is 0 Å². The molecule has 0 heterocycles. The molecule has 0 aromatic heterocycles. The van der Waals surface area contributed by atoms with Gasteiger partial charge in [0, 0.05) is 7.11 Å². The van der Waals surface area contributed by atoms with Gasteiger partial charge in [-0.05, 0) is 6.42 Å². The Kier molecular flexibility index (Phi) is 9.00. The highest BCUT2D eigenvalue weighted by molar-refractivity contribution is 4.85. The van der Waals surface area contributed by atoms with Crippen molar-refractivity contribution in [1.82, 2.24) is 0 Å². The Bertz CT molecular complexity index is 134. The zero-order valence-corrected chi connectivity index (χ0v) is 9.54. The highest BCUT2D eigenvalue weighted by Gasteiger charge is 2.13. The van der Waals surface area contributed by atoms with Gasteiger partial charge in [-0.1, -0.05) is 45.1 Å². The van der Waals surface area contributed by atoms with Gasteiger partial charge in [-0.15, -0.1) is 6.58 Å². The van der Waals surface area contributed by atoms with E-state index in [4.69, 9.17) is 4.74 Å². The van der Waals surface area contributed by atoms with Gasteiger partial charge in [0.15, 0.2) is 0 Å². The van der Waals surface area contributed by atoms with Crippen LogP contribution in [-0.4, -0.2) is 24.4 Å². The maximum absolute atomic E-state index is 9.67. The van der Waals surface area contributed by atoms with Crippen LogP contribution in [0.1, 0.15) is 45.4 Å². The van der Waals surface area contributed by atoms with Crippen LogP contribution < -0.4 is 0 Å². The van der Waals surface area contributed by atoms with Crippen molar-refractivity contribution in [2.45, 2.75) is 57.7 Å². The van der Waals surface area contributed by atoms with Crippen molar-refractivity contribution in [1.29, 1.82) is 0 Å². The van der Waals surface area contributed by atoms with Crippen molar-refractivity contribution < 1.29 is 9.84 Å². The molecule has 0 saturated carbocycles. The van der Waals surface area contributed by atoms with E-state index in [2.05, 4.69) is 13.5 Å². The number of unbranched alkanes of at least 4 members (excludes halogenated alkanes) is 4. The molecule has 0 amide bonds. The molecule has 0 rings (SSSR count). The summed E-state index contributed by atoms with van der Waals surface area (Å²) < 4.78 is 5.07. The first-order valence-electron chi connectivity index (χ1n) is 5.59. The minimum Gasteiger partial charge on any atom is -0.390 e. The van der Waals surface area contributed by atoms with Gasteiger partial charge in [-0.3, -0.25) is 0 Å². The van der Waals surface area contributed by atoms with E-state index in [0.29, 0.717) is 0 Å². The summed E-state index contributed by atoms with van der Waals surface area (Å²) in [5, 5.41) is 9.67. The maximum atomic E-state index is 9.67. The van der Waals surface area contributed by atoms with Crippen LogP contribution in [0.25, 0.3) is 0 Å². The van der Waals surface area contributed by atoms with E-state index in [9.17, 15) is 5.11 Å². The Morgan fingerprint density at radius 1 is 1.29 bits per heavy atom. The SMILES string of the molecule is C=CC(OC)C(O)CCCCCCC. The maximum Gasteiger partial charge on any atom is 0.101 e. The summed E-state index contributed by atoms with van der Waals surface area (Å²) in [6.07, 6.45) is 7.99. The van der Waals surface area contributed by atoms with E-state index >= 15 is 0 Å². The first kappa shape index (κ1) is 13.7. The first-order valence-corrected chi connectivity index (χ1v) is 5.59. The van der Waals surface area contributed by atoms with Crippen LogP contribution in [0.4, 0.5) is 0 Å². The van der Waals surface area contributed by atoms with Gasteiger partial charge in [-0.25, -0.2) is 0 Å². The quantitative estimate of drug-likeness (QED) is 0.458. The van der Waals surface area contributed by atoms with Gasteiger partial charge in [0.1, 0.15) is 6.10 Å². The number of methoxy groups -OCH3 is 1. The Morgan fingerprint density at radius 2 is 1.93 bits per heavy atom. The van der Waals surface area contributed by atoms with Crippen molar-refractivity contribution in [2.24, 2.45) is 0 Å². The monoisotopic (exact) mass is 200 g/mol. The number of hydrogen-bond acceptors (Lipinski definition) is 2. The average molecular weight is 200 g/mol. The Labute approximate surface area is 88.0 Å². The number of hydrogen-bond donors (Lipinski definition) is 1. The molecule has 1 N–H and O–H groups in total. The molecule has 0 spiro atoms. The predicted octanol–water partition coefficient (Wildman–Crippen LogP) is 2.91. The zero-order chi connectivity index (χ0) is 10.8. The third-order valence-corrected chi connectivity index (χ3v) is 2.49. The number of aliphatic hydroxyl groups is 1. The first-order chi connectivity index (χ1) is 6.76. The van der Waals surface area contributed by atoms with Gasteiger partial charge in [-0.2, -0.15) is 0 Å². The topological polar surface area (TPSA) is 29.5 Å². The van der Waals surface area contributed by atoms with E-state index in [1.165, 1.54) is 25.7 Å². The second-order valence-electron chi connectivity index (χ2n) is 3.71. The van der Waals surface area contributed by atoms with Crippen LogP contribution in [-0.2, 0) is 4.74 Å². The van der Waals surface area contributed by atoms with E-state index in [1.807, 2.05) is 0 Å². The third kappa shape index (κ3) is 6.17. The van der Waals surface area contributed by atoms with Crippen LogP contribution in [0.15, 0.2) is 12.7 Å². The van der Waals surface area contributed by atoms with Gasteiger partial charge in [0.05, 0.1) is 6.10 Å². The fourth-order valence-corrected chi connectivity index (χ4v) is 1.53. The zero-order valence-electron chi connectivity index (χ0n) is 9.54. The Morgan fingerprint density at radius 3 is 2.43 bits per heavy atom. The summed E-state index contributed by atoms with van der Waals surface area (Å²) in [6, 6.07) is 0. The molecule has 0 fully saturated rings. The third-order valence-electron chi connectivity index (χ3n) is 2.49. The fourth-order valence-electron chi connectivity index (χ4n) is 1.53. The van der Waals surface area contributed by atoms with Crippen LogP contribution in [0, 0.1) is 0 Å². The van der Waals surface area contributed by atoms with Crippen molar-refractivity contribution in [3.05, 3.63) is 12.7 Å². The lowest BCUT2D eigenvalue weighted by Crippen LogP contribution is -2.25. The molecule has 0 aliphatic rings. The normalized spacial score (nSPS) is 15.1. The summed E-state index contributed by atoms with van der Waals surface area (Å²) in [7, 11) is 1.60. The molecule has 14 heavy (non-hydrogen) atoms. The minimum atomic E-state index is -0.390. The van der Waals surface area contributed by atoms with E-state index in [1.54, 1.807) is 13.2 Å². The number of aliphatic hydroxyl groups excluding tert-OH is 1. The highest BCUT2D eigenvalue weighted by Crippen LogP contribution is 2.11. The number of ether oxygens (including phenoxy) is 1. The second-order valence-corrected chi connectivity index (χ2v) is 3.71. The lowest BCUT2D eigenvalue weighted by molar-refractivity contribution is 0.0117. The molecule has 0 bridgehead atoms. The van der Waals surface area contributed by atoms with Gasteiger partial charge >= 0.3 is 0 Å². The average Bonchev–Trinajstić information content (AvgIpc) is 2.19. The molecular weight excluding hydrogens is 176 g/mol. The number of rotatable bonds is 9. The van der Waals surface area contributed by atoms with E-state index in [-0.39, 0.29) is 12.2 Å². The molecular formula is C12H24O2. The molecule has 0 saturated heterocycles. The standard InChI is InChI=1S/C12H24O2/c1-4-6-7-8-9-10-11(13)12(5-2)14-3/h5,11-13H,2,4,6-10H2,1,3H3. The fraction of sp³-hybridized carbons (Fsp3) is 0.833. The molecule has 2 nitrogen and oxygen atoms in total. The highest BCUT2D eigenvalue weighted by atomic mass is 16.5. The summed E-state index contributed by atoms with van der Waals surface area (Å²) in [5.41, 5.74) is 0. The summed E-state index contributed by atoms with van der Waals surface area (Å²) in [4.78, 5) is 0. The molecule has 2 heteroatoms. The van der Waals surface area contributed by atoms with Gasteiger partial charge < -0.3 is 9.84 Å². The van der Waals surface area contributed by atoms with Crippen molar-refractivity contribution in [3.63, 3.8) is 0 Å². The summed E-state index contributed by atoms with van der Waals surface area (Å²) >= 11 is 0. The van der Waals surface area contributed by atoms with Gasteiger partial charge in [0.2, 0.25) is 0 Å². The van der Waals surface area contributed by atoms with Gasteiger partial charge in [0.25, 0.3) is 0 Å². The molecule has 0 aromatic carbocycles. The summed E-state index contributed by atoms with van der Waals surface area (Å²) in [5.74, 6) is 0. The lowest BCUT2D eigenvalue weighted by atomic mass is 10.0. The smallest absolute Gasteiger partial charge is 0.101 e. The molecule has 2 unspecified atom stereocenters. The predicted molar refractivity (Wildman–Crippen MR) is 60.4 cm³/mol. The summed E-state index contributed by atoms with van der Waals surface area (Å²) in [6.45, 7) is 5.83. The molecule has 0 aromatic rings. The second kappa shape index (κ2) is 9.22. The molecule has 84 valence electrons. The largest absolute Gasteiger partial charge is 0.390 e. The Balaban J connectivity index is 3.42. The van der Waals surface area contributed by atoms with Crippen molar-refractivity contribution in [2.75, 3.05) is 7.11 Å². The molecule has 0 radical (unpaired) electrons. The molecule has 0 aliphatic heterocycles.